The third kappa shape index (κ3) is 3.63. The van der Waals surface area contributed by atoms with E-state index in [2.05, 4.69) is 17.2 Å². The average Bonchev–Trinajstić information content (AvgIpc) is 3.00. The Kier molecular flexibility index (Phi) is 5.11. The van der Waals surface area contributed by atoms with E-state index in [4.69, 9.17) is 10.5 Å². The molecule has 26 heavy (non-hydrogen) atoms. The molecular formula is C18H22N4O4. The van der Waals surface area contributed by atoms with Crippen molar-refractivity contribution in [3.8, 4) is 5.75 Å². The van der Waals surface area contributed by atoms with Crippen LogP contribution in [0.1, 0.15) is 53.8 Å². The zero-order valence-electron chi connectivity index (χ0n) is 14.6. The number of unbranched alkanes of at least 4 members (excludes halogenated alkanes) is 1. The molecule has 138 valence electrons. The fourth-order valence-corrected chi connectivity index (χ4v) is 3.06. The Morgan fingerprint density at radius 1 is 1.35 bits per heavy atom. The maximum Gasteiger partial charge on any atom is 0.326 e. The number of aryl methyl sites for hydroxylation is 1. The molecule has 2 aromatic rings. The van der Waals surface area contributed by atoms with Crippen LogP contribution in [-0.2, 0) is 6.42 Å². The molecular weight excluding hydrogens is 336 g/mol. The second-order valence-corrected chi connectivity index (χ2v) is 6.32. The SMILES string of the molecule is CCCCOc1ccc2c(c1)[C@@H](NC(=O)c1[nH]c(=O)[nH]c(=O)c1N)CC2. The number of carbonyl (C=O) groups is 1. The number of aromatic nitrogens is 2. The van der Waals surface area contributed by atoms with Crippen molar-refractivity contribution in [3.05, 3.63) is 55.9 Å². The molecule has 1 atom stereocenters. The van der Waals surface area contributed by atoms with Crippen molar-refractivity contribution in [3.63, 3.8) is 0 Å². The summed E-state index contributed by atoms with van der Waals surface area (Å²) >= 11 is 0. The molecule has 0 saturated carbocycles. The quantitative estimate of drug-likeness (QED) is 0.577. The van der Waals surface area contributed by atoms with Gasteiger partial charge in [0.05, 0.1) is 12.6 Å². The summed E-state index contributed by atoms with van der Waals surface area (Å²) in [5, 5.41) is 2.84. The van der Waals surface area contributed by atoms with Crippen molar-refractivity contribution < 1.29 is 9.53 Å². The number of benzene rings is 1. The number of amides is 1. The van der Waals surface area contributed by atoms with E-state index in [0.717, 1.165) is 42.6 Å². The molecule has 1 aliphatic rings. The Labute approximate surface area is 149 Å². The molecule has 0 spiro atoms. The van der Waals surface area contributed by atoms with Gasteiger partial charge in [-0.05, 0) is 42.5 Å². The predicted octanol–water partition coefficient (Wildman–Crippen LogP) is 1.24. The molecule has 0 bridgehead atoms. The van der Waals surface area contributed by atoms with Gasteiger partial charge < -0.3 is 20.8 Å². The molecule has 5 N–H and O–H groups in total. The third-order valence-corrected chi connectivity index (χ3v) is 4.47. The lowest BCUT2D eigenvalue weighted by Gasteiger charge is -2.16. The number of rotatable bonds is 6. The smallest absolute Gasteiger partial charge is 0.326 e. The van der Waals surface area contributed by atoms with E-state index in [0.29, 0.717) is 6.61 Å². The van der Waals surface area contributed by atoms with Crippen LogP contribution in [0.15, 0.2) is 27.8 Å². The van der Waals surface area contributed by atoms with Gasteiger partial charge in [-0.15, -0.1) is 0 Å². The topological polar surface area (TPSA) is 130 Å². The number of hydrogen-bond acceptors (Lipinski definition) is 5. The van der Waals surface area contributed by atoms with Crippen LogP contribution < -0.4 is 27.0 Å². The number of ether oxygens (including phenoxy) is 1. The van der Waals surface area contributed by atoms with Crippen LogP contribution in [0.4, 0.5) is 5.69 Å². The lowest BCUT2D eigenvalue weighted by molar-refractivity contribution is 0.0932. The van der Waals surface area contributed by atoms with Crippen molar-refractivity contribution in [1.29, 1.82) is 0 Å². The highest BCUT2D eigenvalue weighted by Crippen LogP contribution is 2.34. The second-order valence-electron chi connectivity index (χ2n) is 6.32. The van der Waals surface area contributed by atoms with E-state index in [1.165, 1.54) is 0 Å². The van der Waals surface area contributed by atoms with Crippen LogP contribution in [-0.4, -0.2) is 22.5 Å². The van der Waals surface area contributed by atoms with Gasteiger partial charge in [0.25, 0.3) is 11.5 Å². The van der Waals surface area contributed by atoms with Gasteiger partial charge in [0.1, 0.15) is 17.1 Å². The zero-order valence-corrected chi connectivity index (χ0v) is 14.6. The van der Waals surface area contributed by atoms with Gasteiger partial charge in [-0.25, -0.2) is 4.79 Å². The van der Waals surface area contributed by atoms with Crippen molar-refractivity contribution in [2.75, 3.05) is 12.3 Å². The summed E-state index contributed by atoms with van der Waals surface area (Å²) in [5.41, 5.74) is 5.67. The normalized spacial score (nSPS) is 15.5. The van der Waals surface area contributed by atoms with E-state index in [1.54, 1.807) is 0 Å². The number of nitrogen functional groups attached to an aromatic ring is 1. The number of H-pyrrole nitrogens is 2. The van der Waals surface area contributed by atoms with Gasteiger partial charge in [-0.2, -0.15) is 0 Å². The summed E-state index contributed by atoms with van der Waals surface area (Å²) in [6.07, 6.45) is 3.59. The molecule has 1 aromatic heterocycles. The lowest BCUT2D eigenvalue weighted by atomic mass is 10.1. The standard InChI is InChI=1S/C18H22N4O4/c1-2-3-8-26-11-6-4-10-5-7-13(12(10)9-11)20-17(24)15-14(19)16(23)22-18(25)21-15/h4,6,9,13H,2-3,5,7-8,19H2,1H3,(H,20,24)(H2,21,22,23,25)/t13-/m0/s1. The molecule has 0 aliphatic heterocycles. The Morgan fingerprint density at radius 3 is 2.92 bits per heavy atom. The fraction of sp³-hybridized carbons (Fsp3) is 0.389. The Morgan fingerprint density at radius 2 is 2.15 bits per heavy atom. The Balaban J connectivity index is 1.79. The van der Waals surface area contributed by atoms with Crippen molar-refractivity contribution in [1.82, 2.24) is 15.3 Å². The molecule has 1 aromatic carbocycles. The first-order valence-electron chi connectivity index (χ1n) is 8.68. The van der Waals surface area contributed by atoms with Crippen molar-refractivity contribution in [2.24, 2.45) is 0 Å². The molecule has 8 heteroatoms. The van der Waals surface area contributed by atoms with Gasteiger partial charge in [0.2, 0.25) is 0 Å². The first kappa shape index (κ1) is 17.8. The Bertz CT molecular complexity index is 932. The van der Waals surface area contributed by atoms with Crippen LogP contribution in [0.5, 0.6) is 5.75 Å². The molecule has 8 nitrogen and oxygen atoms in total. The summed E-state index contributed by atoms with van der Waals surface area (Å²) in [6, 6.07) is 5.65. The van der Waals surface area contributed by atoms with Gasteiger partial charge >= 0.3 is 5.69 Å². The summed E-state index contributed by atoms with van der Waals surface area (Å²) in [7, 11) is 0. The second kappa shape index (κ2) is 7.47. The molecule has 0 radical (unpaired) electrons. The average molecular weight is 358 g/mol. The number of carbonyl (C=O) groups excluding carboxylic acids is 1. The third-order valence-electron chi connectivity index (χ3n) is 4.47. The number of aromatic amines is 2. The van der Waals surface area contributed by atoms with Crippen LogP contribution >= 0.6 is 0 Å². The van der Waals surface area contributed by atoms with Crippen molar-refractivity contribution >= 4 is 11.6 Å². The summed E-state index contributed by atoms with van der Waals surface area (Å²) in [5.74, 6) is 0.184. The highest BCUT2D eigenvalue weighted by atomic mass is 16.5. The first-order chi connectivity index (χ1) is 12.5. The molecule has 1 aliphatic carbocycles. The maximum atomic E-state index is 12.5. The maximum absolute atomic E-state index is 12.5. The number of fused-ring (bicyclic) bond motifs is 1. The first-order valence-corrected chi connectivity index (χ1v) is 8.68. The molecule has 3 rings (SSSR count). The molecule has 1 amide bonds. The highest BCUT2D eigenvalue weighted by molar-refractivity contribution is 5.97. The number of nitrogens with two attached hydrogens (primary N) is 1. The van der Waals surface area contributed by atoms with Gasteiger partial charge in [-0.3, -0.25) is 14.6 Å². The molecule has 0 saturated heterocycles. The highest BCUT2D eigenvalue weighted by Gasteiger charge is 2.26. The summed E-state index contributed by atoms with van der Waals surface area (Å²) < 4.78 is 5.73. The zero-order chi connectivity index (χ0) is 18.7. The van der Waals surface area contributed by atoms with Crippen molar-refractivity contribution in [2.45, 2.75) is 38.6 Å². The summed E-state index contributed by atoms with van der Waals surface area (Å²) in [4.78, 5) is 39.7. The Hall–Kier alpha value is -3.03. The summed E-state index contributed by atoms with van der Waals surface area (Å²) in [6.45, 7) is 2.75. The predicted molar refractivity (Wildman–Crippen MR) is 97.5 cm³/mol. The van der Waals surface area contributed by atoms with Gasteiger partial charge in [-0.1, -0.05) is 19.4 Å². The van der Waals surface area contributed by atoms with E-state index in [1.807, 2.05) is 23.2 Å². The van der Waals surface area contributed by atoms with Crippen LogP contribution in [0.3, 0.4) is 0 Å². The van der Waals surface area contributed by atoms with E-state index < -0.39 is 17.2 Å². The van der Waals surface area contributed by atoms with Gasteiger partial charge in [0.15, 0.2) is 0 Å². The number of hydrogen-bond donors (Lipinski definition) is 4. The monoisotopic (exact) mass is 358 g/mol. The molecule has 0 unspecified atom stereocenters. The van der Waals surface area contributed by atoms with Crippen LogP contribution in [0, 0.1) is 0 Å². The minimum absolute atomic E-state index is 0.220. The van der Waals surface area contributed by atoms with Crippen LogP contribution in [0.25, 0.3) is 0 Å². The van der Waals surface area contributed by atoms with E-state index in [-0.39, 0.29) is 17.4 Å². The minimum Gasteiger partial charge on any atom is -0.494 e. The van der Waals surface area contributed by atoms with Gasteiger partial charge in [0, 0.05) is 0 Å². The van der Waals surface area contributed by atoms with Crippen LogP contribution in [0.2, 0.25) is 0 Å². The molecule has 1 heterocycles. The molecule has 0 fully saturated rings. The van der Waals surface area contributed by atoms with E-state index in [9.17, 15) is 14.4 Å². The van der Waals surface area contributed by atoms with E-state index >= 15 is 0 Å². The lowest BCUT2D eigenvalue weighted by Crippen LogP contribution is -2.34. The minimum atomic E-state index is -0.780. The fourth-order valence-electron chi connectivity index (χ4n) is 3.06. The number of nitrogens with one attached hydrogen (secondary N) is 3. The number of anilines is 1. The largest absolute Gasteiger partial charge is 0.494 e.